The van der Waals surface area contributed by atoms with Crippen LogP contribution >= 0.6 is 0 Å². The molecule has 2 heterocycles. The van der Waals surface area contributed by atoms with Gasteiger partial charge in [-0.15, -0.1) is 0 Å². The molecule has 0 amide bonds. The van der Waals surface area contributed by atoms with Gasteiger partial charge in [0.05, 0.1) is 22.6 Å². The van der Waals surface area contributed by atoms with E-state index in [9.17, 15) is 27.9 Å². The van der Waals surface area contributed by atoms with Crippen LogP contribution in [0.5, 0.6) is 0 Å². The van der Waals surface area contributed by atoms with Crippen molar-refractivity contribution in [1.29, 1.82) is 0 Å². The van der Waals surface area contributed by atoms with E-state index in [1.807, 2.05) is 0 Å². The second kappa shape index (κ2) is 6.84. The van der Waals surface area contributed by atoms with Crippen LogP contribution in [0.4, 0.5) is 24.5 Å². The molecule has 2 aromatic carbocycles. The van der Waals surface area contributed by atoms with E-state index >= 15 is 0 Å². The van der Waals surface area contributed by atoms with Gasteiger partial charge in [-0.05, 0) is 31.0 Å². The summed E-state index contributed by atoms with van der Waals surface area (Å²) in [4.78, 5) is 25.9. The summed E-state index contributed by atoms with van der Waals surface area (Å²) in [6, 6.07) is 3.90. The summed E-state index contributed by atoms with van der Waals surface area (Å²) in [5.41, 5.74) is 3.69. The molecule has 1 fully saturated rings. The number of hydrogen-bond donors (Lipinski definition) is 2. The van der Waals surface area contributed by atoms with Crippen molar-refractivity contribution in [2.24, 2.45) is 0 Å². The summed E-state index contributed by atoms with van der Waals surface area (Å²) < 4.78 is 44.0. The Labute approximate surface area is 162 Å². The Balaban J connectivity index is 2.10. The van der Waals surface area contributed by atoms with E-state index in [-0.39, 0.29) is 28.0 Å². The first-order chi connectivity index (χ1) is 13.8. The van der Waals surface area contributed by atoms with Crippen molar-refractivity contribution in [3.8, 4) is 5.69 Å². The first-order valence-electron chi connectivity index (χ1n) is 8.90. The van der Waals surface area contributed by atoms with Crippen LogP contribution in [0.3, 0.4) is 0 Å². The Morgan fingerprint density at radius 1 is 0.966 bits per heavy atom. The van der Waals surface area contributed by atoms with Gasteiger partial charge in [0.25, 0.3) is 0 Å². The molecule has 0 bridgehead atoms. The van der Waals surface area contributed by atoms with Crippen LogP contribution in [-0.4, -0.2) is 28.7 Å². The Hall–Kier alpha value is -3.49. The van der Waals surface area contributed by atoms with Crippen LogP contribution in [0, 0.1) is 17.5 Å². The van der Waals surface area contributed by atoms with Gasteiger partial charge >= 0.3 is 5.97 Å². The molecule has 0 saturated carbocycles. The minimum absolute atomic E-state index is 0.0909. The predicted molar refractivity (Wildman–Crippen MR) is 102 cm³/mol. The molecule has 1 aliphatic heterocycles. The van der Waals surface area contributed by atoms with Gasteiger partial charge in [-0.25, -0.2) is 18.0 Å². The smallest absolute Gasteiger partial charge is 0.341 e. The Bertz CT molecular complexity index is 1220. The van der Waals surface area contributed by atoms with E-state index in [4.69, 9.17) is 5.73 Å². The lowest BCUT2D eigenvalue weighted by atomic mass is 10.1. The summed E-state index contributed by atoms with van der Waals surface area (Å²) in [5, 5.41) is 9.14. The average Bonchev–Trinajstić information content (AvgIpc) is 3.19. The average molecular weight is 403 g/mol. The molecular weight excluding hydrogens is 387 g/mol. The number of rotatable bonds is 3. The zero-order chi connectivity index (χ0) is 20.9. The maximum absolute atomic E-state index is 14.7. The molecule has 3 N–H and O–H groups in total. The van der Waals surface area contributed by atoms with Crippen LogP contribution in [0.25, 0.3) is 16.6 Å². The number of nitrogen functional groups attached to an aromatic ring is 1. The third-order valence-electron chi connectivity index (χ3n) is 5.07. The van der Waals surface area contributed by atoms with E-state index in [0.29, 0.717) is 19.2 Å². The summed E-state index contributed by atoms with van der Waals surface area (Å²) >= 11 is 0. The number of hydrogen-bond acceptors (Lipinski definition) is 4. The molecule has 29 heavy (non-hydrogen) atoms. The monoisotopic (exact) mass is 403 g/mol. The molecule has 0 spiro atoms. The zero-order valence-electron chi connectivity index (χ0n) is 15.1. The molecule has 0 atom stereocenters. The highest BCUT2D eigenvalue weighted by Crippen LogP contribution is 2.30. The van der Waals surface area contributed by atoms with E-state index in [1.54, 1.807) is 4.90 Å². The summed E-state index contributed by atoms with van der Waals surface area (Å²) in [6.07, 6.45) is 2.70. The minimum Gasteiger partial charge on any atom is -0.477 e. The number of carboxylic acid groups (broad SMARTS) is 1. The lowest BCUT2D eigenvalue weighted by Crippen LogP contribution is -2.22. The number of aromatic carboxylic acids is 1. The molecular formula is C20H16F3N3O3. The molecule has 0 aliphatic carbocycles. The van der Waals surface area contributed by atoms with Gasteiger partial charge in [-0.1, -0.05) is 0 Å². The number of nitrogens with zero attached hydrogens (tertiary/aromatic N) is 2. The van der Waals surface area contributed by atoms with Crippen molar-refractivity contribution in [3.63, 3.8) is 0 Å². The summed E-state index contributed by atoms with van der Waals surface area (Å²) in [6.45, 7) is 1.25. The number of carboxylic acids is 1. The van der Waals surface area contributed by atoms with Gasteiger partial charge in [0.2, 0.25) is 5.43 Å². The van der Waals surface area contributed by atoms with Crippen molar-refractivity contribution in [1.82, 2.24) is 4.57 Å². The van der Waals surface area contributed by atoms with Crippen molar-refractivity contribution < 1.29 is 23.1 Å². The number of benzene rings is 2. The maximum atomic E-state index is 14.7. The number of aromatic nitrogens is 1. The van der Waals surface area contributed by atoms with Crippen LogP contribution in [0.2, 0.25) is 0 Å². The molecule has 4 rings (SSSR count). The molecule has 1 saturated heterocycles. The quantitative estimate of drug-likeness (QED) is 0.656. The second-order valence-electron chi connectivity index (χ2n) is 6.89. The van der Waals surface area contributed by atoms with Gasteiger partial charge in [-0.2, -0.15) is 0 Å². The third kappa shape index (κ3) is 3.08. The van der Waals surface area contributed by atoms with Gasteiger partial charge in [0, 0.05) is 30.7 Å². The minimum atomic E-state index is -1.55. The third-order valence-corrected chi connectivity index (χ3v) is 5.07. The lowest BCUT2D eigenvalue weighted by Gasteiger charge is -2.21. The molecule has 0 radical (unpaired) electrons. The standard InChI is InChI=1S/C20H16F3N3O3/c21-12-6-14(23)18(7-15(12)24)26-9-11(20(28)29)19(27)10-5-13(22)17(8-16(10)26)25-3-1-2-4-25/h5-9H,1-4,24H2,(H,28,29). The molecule has 0 unspecified atom stereocenters. The highest BCUT2D eigenvalue weighted by Gasteiger charge is 2.22. The molecule has 150 valence electrons. The number of carbonyl (C=O) groups is 1. The van der Waals surface area contributed by atoms with Crippen LogP contribution in [0.1, 0.15) is 23.2 Å². The number of fused-ring (bicyclic) bond motifs is 1. The molecule has 1 aliphatic rings. The first kappa shape index (κ1) is 18.9. The predicted octanol–water partition coefficient (Wildman–Crippen LogP) is 3.29. The number of nitrogens with two attached hydrogens (primary N) is 1. The van der Waals surface area contributed by atoms with Crippen LogP contribution in [0.15, 0.2) is 35.3 Å². The van der Waals surface area contributed by atoms with E-state index < -0.39 is 34.4 Å². The highest BCUT2D eigenvalue weighted by molar-refractivity contribution is 5.94. The SMILES string of the molecule is Nc1cc(-n2cc(C(=O)O)c(=O)c3cc(F)c(N4CCCC4)cc32)c(F)cc1F. The van der Waals surface area contributed by atoms with Gasteiger partial charge in [-0.3, -0.25) is 4.79 Å². The van der Waals surface area contributed by atoms with E-state index in [2.05, 4.69) is 0 Å². The summed E-state index contributed by atoms with van der Waals surface area (Å²) in [5.74, 6) is -4.21. The fraction of sp³-hybridized carbons (Fsp3) is 0.200. The number of anilines is 2. The molecule has 6 nitrogen and oxygen atoms in total. The summed E-state index contributed by atoms with van der Waals surface area (Å²) in [7, 11) is 0. The van der Waals surface area contributed by atoms with Crippen molar-refractivity contribution in [2.45, 2.75) is 12.8 Å². The topological polar surface area (TPSA) is 88.6 Å². The Morgan fingerprint density at radius 2 is 1.62 bits per heavy atom. The van der Waals surface area contributed by atoms with Gasteiger partial charge in [0.15, 0.2) is 0 Å². The number of halogens is 3. The van der Waals surface area contributed by atoms with Gasteiger partial charge in [0.1, 0.15) is 23.0 Å². The lowest BCUT2D eigenvalue weighted by molar-refractivity contribution is 0.0695. The first-order valence-corrected chi connectivity index (χ1v) is 8.90. The normalized spacial score (nSPS) is 14.0. The second-order valence-corrected chi connectivity index (χ2v) is 6.89. The van der Waals surface area contributed by atoms with Crippen LogP contribution in [-0.2, 0) is 0 Å². The van der Waals surface area contributed by atoms with Crippen LogP contribution < -0.4 is 16.1 Å². The fourth-order valence-corrected chi connectivity index (χ4v) is 3.62. The maximum Gasteiger partial charge on any atom is 0.341 e. The fourth-order valence-electron chi connectivity index (χ4n) is 3.62. The van der Waals surface area contributed by atoms with Crippen molar-refractivity contribution >= 4 is 28.2 Å². The largest absolute Gasteiger partial charge is 0.477 e. The number of pyridine rings is 1. The molecule has 3 aromatic rings. The van der Waals surface area contributed by atoms with E-state index in [1.165, 1.54) is 6.07 Å². The zero-order valence-corrected chi connectivity index (χ0v) is 15.1. The Kier molecular flexibility index (Phi) is 4.45. The van der Waals surface area contributed by atoms with Crippen molar-refractivity contribution in [3.05, 3.63) is 63.7 Å². The Morgan fingerprint density at radius 3 is 2.28 bits per heavy atom. The molecule has 9 heteroatoms. The van der Waals surface area contributed by atoms with Crippen molar-refractivity contribution in [2.75, 3.05) is 23.7 Å². The van der Waals surface area contributed by atoms with Gasteiger partial charge < -0.3 is 20.3 Å². The molecule has 1 aromatic heterocycles. The highest BCUT2D eigenvalue weighted by atomic mass is 19.1. The van der Waals surface area contributed by atoms with E-state index in [0.717, 1.165) is 35.7 Å².